The van der Waals surface area contributed by atoms with Gasteiger partial charge < -0.3 is 10.2 Å². The highest BCUT2D eigenvalue weighted by Gasteiger charge is 2.38. The molecular weight excluding hydrogens is 220 g/mol. The predicted molar refractivity (Wildman–Crippen MR) is 66.6 cm³/mol. The van der Waals surface area contributed by atoms with E-state index in [1.807, 2.05) is 16.8 Å². The average molecular weight is 240 g/mol. The van der Waals surface area contributed by atoms with Crippen LogP contribution >= 0.6 is 11.3 Å². The topological polar surface area (TPSA) is 40.5 Å². The fourth-order valence-corrected chi connectivity index (χ4v) is 3.10. The molecule has 1 aromatic heterocycles. The molecule has 0 aromatic carbocycles. The third kappa shape index (κ3) is 2.65. The highest BCUT2D eigenvalue weighted by Crippen LogP contribution is 2.35. The number of hydrogen-bond donors (Lipinski definition) is 2. The molecule has 2 N–H and O–H groups in total. The molecule has 1 unspecified atom stereocenters. The van der Waals surface area contributed by atoms with Crippen molar-refractivity contribution in [3.63, 3.8) is 0 Å². The number of aliphatic hydroxyl groups excluding tert-OH is 1. The minimum absolute atomic E-state index is 0.578. The van der Waals surface area contributed by atoms with Gasteiger partial charge in [0.1, 0.15) is 0 Å². The highest BCUT2D eigenvalue weighted by atomic mass is 32.1. The van der Waals surface area contributed by atoms with Gasteiger partial charge in [0.2, 0.25) is 0 Å². The number of thiophene rings is 1. The van der Waals surface area contributed by atoms with Crippen LogP contribution < -0.4 is 0 Å². The van der Waals surface area contributed by atoms with Crippen molar-refractivity contribution in [3.05, 3.63) is 22.4 Å². The van der Waals surface area contributed by atoms with Gasteiger partial charge in [0.25, 0.3) is 0 Å². The Kier molecular flexibility index (Phi) is 3.67. The Hall–Kier alpha value is -0.380. The van der Waals surface area contributed by atoms with Crippen molar-refractivity contribution in [2.45, 2.75) is 50.7 Å². The van der Waals surface area contributed by atoms with E-state index in [4.69, 9.17) is 0 Å². The van der Waals surface area contributed by atoms with Gasteiger partial charge in [-0.15, -0.1) is 0 Å². The van der Waals surface area contributed by atoms with Gasteiger partial charge in [-0.25, -0.2) is 0 Å². The number of aliphatic hydroxyl groups is 2. The van der Waals surface area contributed by atoms with E-state index < -0.39 is 11.7 Å². The summed E-state index contributed by atoms with van der Waals surface area (Å²) in [4.78, 5) is 0. The first-order valence-electron chi connectivity index (χ1n) is 6.02. The molecule has 0 aliphatic heterocycles. The summed E-state index contributed by atoms with van der Waals surface area (Å²) >= 11 is 1.63. The van der Waals surface area contributed by atoms with Crippen LogP contribution in [0.5, 0.6) is 0 Å². The molecule has 2 rings (SSSR count). The third-order valence-corrected chi connectivity index (χ3v) is 4.50. The maximum absolute atomic E-state index is 10.4. The molecule has 1 fully saturated rings. The lowest BCUT2D eigenvalue weighted by molar-refractivity contribution is -0.102. The summed E-state index contributed by atoms with van der Waals surface area (Å²) < 4.78 is 0. The summed E-state index contributed by atoms with van der Waals surface area (Å²) in [6.45, 7) is 2.21. The van der Waals surface area contributed by atoms with Crippen molar-refractivity contribution in [2.75, 3.05) is 0 Å². The van der Waals surface area contributed by atoms with E-state index >= 15 is 0 Å². The van der Waals surface area contributed by atoms with Gasteiger partial charge in [0.15, 0.2) is 0 Å². The van der Waals surface area contributed by atoms with E-state index in [2.05, 4.69) is 6.92 Å². The van der Waals surface area contributed by atoms with Gasteiger partial charge >= 0.3 is 0 Å². The van der Waals surface area contributed by atoms with Crippen molar-refractivity contribution < 1.29 is 10.2 Å². The summed E-state index contributed by atoms with van der Waals surface area (Å²) in [5.41, 5.74) is 0.276. The predicted octanol–water partition coefficient (Wildman–Crippen LogP) is 2.59. The highest BCUT2D eigenvalue weighted by molar-refractivity contribution is 7.07. The molecule has 1 atom stereocenters. The quantitative estimate of drug-likeness (QED) is 0.852. The Morgan fingerprint density at radius 1 is 1.50 bits per heavy atom. The Morgan fingerprint density at radius 2 is 2.19 bits per heavy atom. The maximum Gasteiger partial charge on any atom is 0.0909 e. The zero-order chi connectivity index (χ0) is 11.6. The number of rotatable bonds is 3. The molecular formula is C13H20O2S. The molecule has 0 radical (unpaired) electrons. The zero-order valence-corrected chi connectivity index (χ0v) is 10.5. The van der Waals surface area contributed by atoms with Crippen LogP contribution in [0.3, 0.4) is 0 Å². The van der Waals surface area contributed by atoms with E-state index in [1.165, 1.54) is 0 Å². The van der Waals surface area contributed by atoms with Crippen LogP contribution in [0.4, 0.5) is 0 Å². The van der Waals surface area contributed by atoms with Crippen molar-refractivity contribution >= 4 is 11.3 Å². The second kappa shape index (κ2) is 4.86. The van der Waals surface area contributed by atoms with Crippen LogP contribution in [0.1, 0.15) is 38.2 Å². The lowest BCUT2D eigenvalue weighted by Crippen LogP contribution is -2.46. The van der Waals surface area contributed by atoms with Crippen LogP contribution in [0.2, 0.25) is 0 Å². The summed E-state index contributed by atoms with van der Waals surface area (Å²) in [6, 6.07) is 2.02. The van der Waals surface area contributed by atoms with Gasteiger partial charge in [-0.05, 0) is 54.0 Å². The second-order valence-electron chi connectivity index (χ2n) is 5.14. The van der Waals surface area contributed by atoms with E-state index in [0.29, 0.717) is 12.3 Å². The van der Waals surface area contributed by atoms with Gasteiger partial charge in [-0.1, -0.05) is 6.92 Å². The molecule has 90 valence electrons. The monoisotopic (exact) mass is 240 g/mol. The zero-order valence-electron chi connectivity index (χ0n) is 9.72. The SMILES string of the molecule is CC1CCC(O)(C(O)Cc2ccsc2)CC1. The molecule has 1 aromatic rings. The van der Waals surface area contributed by atoms with Gasteiger partial charge in [-0.2, -0.15) is 11.3 Å². The normalized spacial score (nSPS) is 32.6. The number of hydrogen-bond acceptors (Lipinski definition) is 3. The van der Waals surface area contributed by atoms with Gasteiger partial charge in [0, 0.05) is 6.42 Å². The first-order valence-corrected chi connectivity index (χ1v) is 6.96. The van der Waals surface area contributed by atoms with Crippen LogP contribution in [-0.2, 0) is 6.42 Å². The molecule has 1 heterocycles. The third-order valence-electron chi connectivity index (χ3n) is 3.77. The minimum atomic E-state index is -0.853. The van der Waals surface area contributed by atoms with Crippen molar-refractivity contribution in [3.8, 4) is 0 Å². The molecule has 1 aliphatic rings. The first-order chi connectivity index (χ1) is 7.60. The smallest absolute Gasteiger partial charge is 0.0909 e. The largest absolute Gasteiger partial charge is 0.390 e. The fraction of sp³-hybridized carbons (Fsp3) is 0.692. The first kappa shape index (κ1) is 12.1. The Bertz CT molecular complexity index is 313. The van der Waals surface area contributed by atoms with Crippen LogP contribution in [0.15, 0.2) is 16.8 Å². The van der Waals surface area contributed by atoms with Crippen molar-refractivity contribution in [1.82, 2.24) is 0 Å². The molecule has 1 saturated carbocycles. The van der Waals surface area contributed by atoms with E-state index in [-0.39, 0.29) is 0 Å². The summed E-state index contributed by atoms with van der Waals surface area (Å²) in [7, 11) is 0. The molecule has 0 amide bonds. The van der Waals surface area contributed by atoms with Crippen LogP contribution in [0, 0.1) is 5.92 Å². The molecule has 3 heteroatoms. The van der Waals surface area contributed by atoms with E-state index in [0.717, 1.165) is 31.2 Å². The minimum Gasteiger partial charge on any atom is -0.390 e. The van der Waals surface area contributed by atoms with E-state index in [9.17, 15) is 10.2 Å². The summed E-state index contributed by atoms with van der Waals surface area (Å²) in [5, 5.41) is 24.6. The van der Waals surface area contributed by atoms with Gasteiger partial charge in [0.05, 0.1) is 11.7 Å². The van der Waals surface area contributed by atoms with Gasteiger partial charge in [-0.3, -0.25) is 0 Å². The maximum atomic E-state index is 10.4. The van der Waals surface area contributed by atoms with Crippen molar-refractivity contribution in [1.29, 1.82) is 0 Å². The Balaban J connectivity index is 1.95. The standard InChI is InChI=1S/C13H20O2S/c1-10-2-5-13(15,6-3-10)12(14)8-11-4-7-16-9-11/h4,7,9-10,12,14-15H,2-3,5-6,8H2,1H3. The average Bonchev–Trinajstić information content (AvgIpc) is 2.75. The fourth-order valence-electron chi connectivity index (χ4n) is 2.42. The molecule has 0 saturated heterocycles. The summed E-state index contributed by atoms with van der Waals surface area (Å²) in [6.07, 6.45) is 3.48. The van der Waals surface area contributed by atoms with Crippen LogP contribution in [0.25, 0.3) is 0 Å². The lowest BCUT2D eigenvalue weighted by atomic mass is 9.75. The molecule has 16 heavy (non-hydrogen) atoms. The second-order valence-corrected chi connectivity index (χ2v) is 5.92. The molecule has 2 nitrogen and oxygen atoms in total. The Morgan fingerprint density at radius 3 is 2.75 bits per heavy atom. The van der Waals surface area contributed by atoms with Crippen molar-refractivity contribution in [2.24, 2.45) is 5.92 Å². The molecule has 0 spiro atoms. The lowest BCUT2D eigenvalue weighted by Gasteiger charge is -2.38. The summed E-state index contributed by atoms with van der Waals surface area (Å²) in [5.74, 6) is 0.689. The molecule has 0 bridgehead atoms. The van der Waals surface area contributed by atoms with E-state index in [1.54, 1.807) is 11.3 Å². The Labute approximate surface area is 101 Å². The molecule has 1 aliphatic carbocycles. The van der Waals surface area contributed by atoms with Crippen LogP contribution in [-0.4, -0.2) is 21.9 Å².